The van der Waals surface area contributed by atoms with Crippen LogP contribution in [0.2, 0.25) is 0 Å². The van der Waals surface area contributed by atoms with Gasteiger partial charge in [0.2, 0.25) is 5.43 Å². The van der Waals surface area contributed by atoms with E-state index in [4.69, 9.17) is 0 Å². The molecule has 1 amide bonds. The van der Waals surface area contributed by atoms with E-state index in [2.05, 4.69) is 16.8 Å². The van der Waals surface area contributed by atoms with E-state index in [0.717, 1.165) is 68.3 Å². The second-order valence-corrected chi connectivity index (χ2v) is 9.94. The number of pyridine rings is 1. The fourth-order valence-electron chi connectivity index (χ4n) is 6.80. The number of carbonyl (C=O) groups excluding carboxylic acids is 1. The number of rotatable bonds is 6. The molecule has 154 valence electrons. The molecule has 0 radical (unpaired) electrons. The number of para-hydroxylation sites is 1. The van der Waals surface area contributed by atoms with Crippen molar-refractivity contribution >= 4 is 16.8 Å². The number of carbonyl (C=O) groups is 1. The van der Waals surface area contributed by atoms with Gasteiger partial charge in [0.05, 0.1) is 5.52 Å². The first-order valence-corrected chi connectivity index (χ1v) is 11.5. The number of hydrogen-bond acceptors (Lipinski definition) is 2. The molecule has 4 aliphatic rings. The lowest BCUT2D eigenvalue weighted by atomic mass is 9.53. The maximum atomic E-state index is 13.4. The van der Waals surface area contributed by atoms with Crippen LogP contribution >= 0.6 is 0 Å². The molecule has 0 unspecified atom stereocenters. The van der Waals surface area contributed by atoms with Crippen molar-refractivity contribution in [2.45, 2.75) is 76.8 Å². The monoisotopic (exact) mass is 392 g/mol. The molecule has 4 nitrogen and oxygen atoms in total. The molecule has 1 aromatic carbocycles. The number of fused-ring (bicyclic) bond motifs is 1. The third kappa shape index (κ3) is 3.41. The minimum Gasteiger partial charge on any atom is -0.346 e. The highest BCUT2D eigenvalue weighted by Crippen LogP contribution is 2.55. The second-order valence-electron chi connectivity index (χ2n) is 9.94. The molecular weight excluding hydrogens is 360 g/mol. The molecule has 4 fully saturated rings. The molecule has 4 bridgehead atoms. The Hall–Kier alpha value is -2.10. The van der Waals surface area contributed by atoms with Crippen molar-refractivity contribution in [3.05, 3.63) is 46.2 Å². The summed E-state index contributed by atoms with van der Waals surface area (Å²) in [7, 11) is 0. The van der Waals surface area contributed by atoms with Gasteiger partial charge in [-0.15, -0.1) is 0 Å². The maximum Gasteiger partial charge on any atom is 0.257 e. The third-order valence-electron chi connectivity index (χ3n) is 7.65. The van der Waals surface area contributed by atoms with Crippen LogP contribution in [0.5, 0.6) is 0 Å². The summed E-state index contributed by atoms with van der Waals surface area (Å²) in [6.45, 7) is 3.03. The number of aromatic nitrogens is 1. The standard InChI is InChI=1S/C25H32N2O2/c1-2-3-6-9-27-16-21(23(28)20-7-4-5-8-22(20)27)24(29)26-25-13-17-10-18(14-25)12-19(11-17)15-25/h4-5,7-8,16-19H,2-3,6,9-15H2,1H3,(H,26,29). The molecule has 1 N–H and O–H groups in total. The van der Waals surface area contributed by atoms with Gasteiger partial charge in [-0.25, -0.2) is 0 Å². The summed E-state index contributed by atoms with van der Waals surface area (Å²) >= 11 is 0. The topological polar surface area (TPSA) is 51.1 Å². The highest BCUT2D eigenvalue weighted by atomic mass is 16.2. The summed E-state index contributed by atoms with van der Waals surface area (Å²) in [6.07, 6.45) is 12.5. The summed E-state index contributed by atoms with van der Waals surface area (Å²) in [4.78, 5) is 26.5. The van der Waals surface area contributed by atoms with E-state index >= 15 is 0 Å². The lowest BCUT2D eigenvalue weighted by Crippen LogP contribution is -2.60. The molecule has 0 saturated heterocycles. The lowest BCUT2D eigenvalue weighted by molar-refractivity contribution is -0.0167. The minimum absolute atomic E-state index is 0.0725. The first kappa shape index (κ1) is 18.9. The maximum absolute atomic E-state index is 13.4. The van der Waals surface area contributed by atoms with Crippen molar-refractivity contribution in [2.75, 3.05) is 0 Å². The van der Waals surface area contributed by atoms with E-state index in [1.54, 1.807) is 0 Å². The van der Waals surface area contributed by atoms with Crippen LogP contribution in [0.4, 0.5) is 0 Å². The Morgan fingerprint density at radius 2 is 1.72 bits per heavy atom. The molecule has 1 heterocycles. The molecule has 0 spiro atoms. The quantitative estimate of drug-likeness (QED) is 0.712. The lowest BCUT2D eigenvalue weighted by Gasteiger charge is -2.56. The minimum atomic E-state index is -0.160. The Morgan fingerprint density at radius 3 is 2.38 bits per heavy atom. The molecule has 4 saturated carbocycles. The van der Waals surface area contributed by atoms with Crippen molar-refractivity contribution in [1.82, 2.24) is 9.88 Å². The van der Waals surface area contributed by atoms with E-state index < -0.39 is 0 Å². The van der Waals surface area contributed by atoms with Crippen LogP contribution in [0.15, 0.2) is 35.3 Å². The zero-order valence-electron chi connectivity index (χ0n) is 17.5. The molecule has 6 rings (SSSR count). The van der Waals surface area contributed by atoms with Gasteiger partial charge in [0.15, 0.2) is 0 Å². The zero-order valence-corrected chi connectivity index (χ0v) is 17.5. The number of nitrogens with zero attached hydrogens (tertiary/aromatic N) is 1. The molecule has 2 aromatic rings. The Balaban J connectivity index is 1.47. The normalized spacial score (nSPS) is 30.0. The Labute approximate surface area is 172 Å². The van der Waals surface area contributed by atoms with E-state index in [-0.39, 0.29) is 16.9 Å². The second kappa shape index (κ2) is 7.30. The molecule has 29 heavy (non-hydrogen) atoms. The molecule has 4 aliphatic carbocycles. The van der Waals surface area contributed by atoms with E-state index in [1.165, 1.54) is 19.3 Å². The van der Waals surface area contributed by atoms with Gasteiger partial charge in [-0.3, -0.25) is 9.59 Å². The molecule has 1 aromatic heterocycles. The van der Waals surface area contributed by atoms with Crippen molar-refractivity contribution in [3.63, 3.8) is 0 Å². The van der Waals surface area contributed by atoms with E-state index in [0.29, 0.717) is 10.9 Å². The number of amides is 1. The summed E-state index contributed by atoms with van der Waals surface area (Å²) in [5.41, 5.74) is 1.04. The van der Waals surface area contributed by atoms with Gasteiger partial charge in [-0.05, 0) is 74.8 Å². The first-order chi connectivity index (χ1) is 14.1. The smallest absolute Gasteiger partial charge is 0.257 e. The highest BCUT2D eigenvalue weighted by molar-refractivity contribution is 5.97. The van der Waals surface area contributed by atoms with Crippen LogP contribution in [0, 0.1) is 17.8 Å². The van der Waals surface area contributed by atoms with Gasteiger partial charge in [0, 0.05) is 23.7 Å². The fourth-order valence-corrected chi connectivity index (χ4v) is 6.80. The molecule has 4 heteroatoms. The van der Waals surface area contributed by atoms with Crippen LogP contribution in [0.25, 0.3) is 10.9 Å². The van der Waals surface area contributed by atoms with Crippen LogP contribution in [0.3, 0.4) is 0 Å². The fraction of sp³-hybridized carbons (Fsp3) is 0.600. The Bertz CT molecular complexity index is 955. The summed E-state index contributed by atoms with van der Waals surface area (Å²) in [5, 5.41) is 4.04. The number of hydrogen-bond donors (Lipinski definition) is 1. The van der Waals surface area contributed by atoms with Crippen molar-refractivity contribution in [1.29, 1.82) is 0 Å². The number of aryl methyl sites for hydroxylation is 1. The van der Waals surface area contributed by atoms with Gasteiger partial charge in [0.25, 0.3) is 5.91 Å². The Kier molecular flexibility index (Phi) is 4.76. The van der Waals surface area contributed by atoms with Gasteiger partial charge in [0.1, 0.15) is 5.56 Å². The predicted molar refractivity (Wildman–Crippen MR) is 116 cm³/mol. The molecule has 0 atom stereocenters. The van der Waals surface area contributed by atoms with Gasteiger partial charge in [-0.1, -0.05) is 31.9 Å². The average Bonchev–Trinajstić information content (AvgIpc) is 2.68. The average molecular weight is 393 g/mol. The number of benzene rings is 1. The van der Waals surface area contributed by atoms with E-state index in [9.17, 15) is 9.59 Å². The highest BCUT2D eigenvalue weighted by Gasteiger charge is 2.51. The van der Waals surface area contributed by atoms with Crippen LogP contribution in [-0.4, -0.2) is 16.0 Å². The molecule has 0 aliphatic heterocycles. The number of unbranched alkanes of at least 4 members (excludes halogenated alkanes) is 2. The van der Waals surface area contributed by atoms with Crippen LogP contribution in [0.1, 0.15) is 75.1 Å². The first-order valence-electron chi connectivity index (χ1n) is 11.5. The Morgan fingerprint density at radius 1 is 1.07 bits per heavy atom. The zero-order chi connectivity index (χ0) is 20.0. The summed E-state index contributed by atoms with van der Waals surface area (Å²) in [5.74, 6) is 2.14. The summed E-state index contributed by atoms with van der Waals surface area (Å²) < 4.78 is 2.11. The molecular formula is C25H32N2O2. The number of nitrogens with one attached hydrogen (secondary N) is 1. The van der Waals surface area contributed by atoms with Crippen LogP contribution < -0.4 is 10.7 Å². The largest absolute Gasteiger partial charge is 0.346 e. The van der Waals surface area contributed by atoms with Gasteiger partial charge < -0.3 is 9.88 Å². The summed E-state index contributed by atoms with van der Waals surface area (Å²) in [6, 6.07) is 7.70. The van der Waals surface area contributed by atoms with Crippen LogP contribution in [-0.2, 0) is 6.54 Å². The third-order valence-corrected chi connectivity index (χ3v) is 7.65. The van der Waals surface area contributed by atoms with Gasteiger partial charge in [-0.2, -0.15) is 0 Å². The van der Waals surface area contributed by atoms with Gasteiger partial charge >= 0.3 is 0 Å². The van der Waals surface area contributed by atoms with Crippen molar-refractivity contribution < 1.29 is 4.79 Å². The van der Waals surface area contributed by atoms with E-state index in [1.807, 2.05) is 30.5 Å². The van der Waals surface area contributed by atoms with Crippen molar-refractivity contribution in [2.24, 2.45) is 17.8 Å². The SMILES string of the molecule is CCCCCn1cc(C(=O)NC23CC4CC(CC(C4)C2)C3)c(=O)c2ccccc21. The predicted octanol–water partition coefficient (Wildman–Crippen LogP) is 4.89. The van der Waals surface area contributed by atoms with Crippen molar-refractivity contribution in [3.8, 4) is 0 Å².